The van der Waals surface area contributed by atoms with Gasteiger partial charge in [0.15, 0.2) is 0 Å². The lowest BCUT2D eigenvalue weighted by molar-refractivity contribution is 0.315. The zero-order chi connectivity index (χ0) is 15.0. The van der Waals surface area contributed by atoms with E-state index in [0.29, 0.717) is 6.04 Å². The molecule has 1 aromatic carbocycles. The van der Waals surface area contributed by atoms with Crippen molar-refractivity contribution in [1.29, 1.82) is 5.41 Å². The van der Waals surface area contributed by atoms with E-state index in [1.807, 2.05) is 30.3 Å². The molecule has 1 fully saturated rings. The maximum Gasteiger partial charge on any atom is 0.140 e. The lowest BCUT2D eigenvalue weighted by Gasteiger charge is -2.23. The molecule has 1 aromatic heterocycles. The number of pyridine rings is 1. The third kappa shape index (κ3) is 2.56. The van der Waals surface area contributed by atoms with Gasteiger partial charge in [0.1, 0.15) is 11.7 Å². The Labute approximate surface area is 124 Å². The number of aromatic nitrogens is 1. The molecule has 0 bridgehead atoms. The summed E-state index contributed by atoms with van der Waals surface area (Å²) in [6.45, 7) is 1.88. The van der Waals surface area contributed by atoms with E-state index < -0.39 is 0 Å². The number of nitrogens with one attached hydrogen (secondary N) is 1. The molecular formula is C16H21N5. The Kier molecular flexibility index (Phi) is 3.51. The second-order valence-electron chi connectivity index (χ2n) is 5.82. The number of nitrogen functional groups attached to an aromatic ring is 1. The van der Waals surface area contributed by atoms with Gasteiger partial charge in [-0.05, 0) is 32.6 Å². The molecule has 2 heterocycles. The number of anilines is 1. The summed E-state index contributed by atoms with van der Waals surface area (Å²) in [5.74, 6) is 0.919. The number of hydrogen-bond donors (Lipinski definition) is 2. The van der Waals surface area contributed by atoms with Gasteiger partial charge in [0.05, 0.1) is 11.1 Å². The van der Waals surface area contributed by atoms with E-state index >= 15 is 0 Å². The number of hydrogen-bond acceptors (Lipinski definition) is 4. The molecule has 1 aliphatic heterocycles. The SMILES string of the molecule is CN(C)C1CCN(c2nc3ccccc3cc2C(=N)N)C1. The molecule has 0 radical (unpaired) electrons. The minimum absolute atomic E-state index is 0.0801. The van der Waals surface area contributed by atoms with Crippen LogP contribution in [-0.2, 0) is 0 Å². The number of fused-ring (bicyclic) bond motifs is 1. The maximum atomic E-state index is 7.85. The average molecular weight is 283 g/mol. The zero-order valence-electron chi connectivity index (χ0n) is 12.5. The molecule has 1 saturated heterocycles. The van der Waals surface area contributed by atoms with E-state index in [4.69, 9.17) is 16.1 Å². The van der Waals surface area contributed by atoms with Crippen LogP contribution in [0.1, 0.15) is 12.0 Å². The predicted molar refractivity (Wildman–Crippen MR) is 87.1 cm³/mol. The molecule has 1 atom stereocenters. The Morgan fingerprint density at radius 1 is 1.38 bits per heavy atom. The van der Waals surface area contributed by atoms with Crippen LogP contribution in [0, 0.1) is 5.41 Å². The molecule has 21 heavy (non-hydrogen) atoms. The van der Waals surface area contributed by atoms with Gasteiger partial charge in [-0.1, -0.05) is 18.2 Å². The first-order valence-corrected chi connectivity index (χ1v) is 7.22. The van der Waals surface area contributed by atoms with E-state index in [2.05, 4.69) is 23.9 Å². The fraction of sp³-hybridized carbons (Fsp3) is 0.375. The molecule has 3 rings (SSSR count). The second-order valence-corrected chi connectivity index (χ2v) is 5.82. The van der Waals surface area contributed by atoms with E-state index in [1.54, 1.807) is 0 Å². The van der Waals surface area contributed by atoms with Gasteiger partial charge >= 0.3 is 0 Å². The summed E-state index contributed by atoms with van der Waals surface area (Å²) in [6.07, 6.45) is 1.11. The van der Waals surface area contributed by atoms with Crippen LogP contribution in [0.15, 0.2) is 30.3 Å². The molecule has 0 spiro atoms. The fourth-order valence-electron chi connectivity index (χ4n) is 2.90. The van der Waals surface area contributed by atoms with E-state index in [0.717, 1.165) is 41.8 Å². The first-order chi connectivity index (χ1) is 10.1. The Morgan fingerprint density at radius 3 is 2.81 bits per heavy atom. The smallest absolute Gasteiger partial charge is 0.140 e. The van der Waals surface area contributed by atoms with Gasteiger partial charge in [-0.2, -0.15) is 0 Å². The molecule has 5 heteroatoms. The van der Waals surface area contributed by atoms with Crippen LogP contribution in [0.25, 0.3) is 10.9 Å². The van der Waals surface area contributed by atoms with Crippen molar-refractivity contribution in [3.05, 3.63) is 35.9 Å². The van der Waals surface area contributed by atoms with Gasteiger partial charge < -0.3 is 15.5 Å². The van der Waals surface area contributed by atoms with Gasteiger partial charge in [0.2, 0.25) is 0 Å². The highest BCUT2D eigenvalue weighted by atomic mass is 15.3. The van der Waals surface area contributed by atoms with Crippen LogP contribution in [0.3, 0.4) is 0 Å². The third-order valence-corrected chi connectivity index (χ3v) is 4.19. The monoisotopic (exact) mass is 283 g/mol. The van der Waals surface area contributed by atoms with Crippen LogP contribution in [0.5, 0.6) is 0 Å². The Balaban J connectivity index is 2.04. The number of benzene rings is 1. The van der Waals surface area contributed by atoms with Gasteiger partial charge in [-0.3, -0.25) is 5.41 Å². The van der Waals surface area contributed by atoms with Crippen LogP contribution < -0.4 is 10.6 Å². The summed E-state index contributed by atoms with van der Waals surface area (Å²) in [7, 11) is 4.21. The van der Waals surface area contributed by atoms with Crippen LogP contribution in [0.4, 0.5) is 5.82 Å². The minimum atomic E-state index is 0.0801. The Morgan fingerprint density at radius 2 is 2.14 bits per heavy atom. The largest absolute Gasteiger partial charge is 0.384 e. The molecule has 1 aliphatic rings. The van der Waals surface area contributed by atoms with E-state index in [9.17, 15) is 0 Å². The number of nitrogens with two attached hydrogens (primary N) is 1. The van der Waals surface area contributed by atoms with Crippen molar-refractivity contribution in [2.24, 2.45) is 5.73 Å². The molecule has 110 valence electrons. The highest BCUT2D eigenvalue weighted by Crippen LogP contribution is 2.27. The second kappa shape index (κ2) is 5.33. The average Bonchev–Trinajstić information content (AvgIpc) is 2.95. The molecule has 0 aliphatic carbocycles. The number of rotatable bonds is 3. The molecule has 2 aromatic rings. The topological polar surface area (TPSA) is 69.2 Å². The molecule has 5 nitrogen and oxygen atoms in total. The third-order valence-electron chi connectivity index (χ3n) is 4.19. The van der Waals surface area contributed by atoms with Gasteiger partial charge in [-0.15, -0.1) is 0 Å². The number of amidine groups is 1. The number of para-hydroxylation sites is 1. The summed E-state index contributed by atoms with van der Waals surface area (Å²) in [5.41, 5.74) is 7.45. The van der Waals surface area contributed by atoms with Gasteiger partial charge in [0.25, 0.3) is 0 Å². The summed E-state index contributed by atoms with van der Waals surface area (Å²) in [4.78, 5) is 9.25. The summed E-state index contributed by atoms with van der Waals surface area (Å²) >= 11 is 0. The summed E-state index contributed by atoms with van der Waals surface area (Å²) in [6, 6.07) is 10.5. The Hall–Kier alpha value is -2.14. The predicted octanol–water partition coefficient (Wildman–Crippen LogP) is 1.66. The highest BCUT2D eigenvalue weighted by molar-refractivity contribution is 6.03. The first-order valence-electron chi connectivity index (χ1n) is 7.22. The van der Waals surface area contributed by atoms with Crippen LogP contribution >= 0.6 is 0 Å². The molecular weight excluding hydrogens is 262 g/mol. The van der Waals surface area contributed by atoms with Crippen LogP contribution in [0.2, 0.25) is 0 Å². The quantitative estimate of drug-likeness (QED) is 0.664. The molecule has 0 amide bonds. The van der Waals surface area contributed by atoms with Crippen molar-refractivity contribution in [1.82, 2.24) is 9.88 Å². The van der Waals surface area contributed by atoms with E-state index in [1.165, 1.54) is 0 Å². The zero-order valence-corrected chi connectivity index (χ0v) is 12.5. The fourth-order valence-corrected chi connectivity index (χ4v) is 2.90. The number of nitrogens with zero attached hydrogens (tertiary/aromatic N) is 3. The van der Waals surface area contributed by atoms with Crippen molar-refractivity contribution in [2.45, 2.75) is 12.5 Å². The highest BCUT2D eigenvalue weighted by Gasteiger charge is 2.27. The van der Waals surface area contributed by atoms with Crippen molar-refractivity contribution >= 4 is 22.6 Å². The van der Waals surface area contributed by atoms with Crippen molar-refractivity contribution in [2.75, 3.05) is 32.1 Å². The maximum absolute atomic E-state index is 7.85. The van der Waals surface area contributed by atoms with Crippen molar-refractivity contribution < 1.29 is 0 Å². The first kappa shape index (κ1) is 13.8. The number of likely N-dealkylation sites (N-methyl/N-ethyl adjacent to an activating group) is 1. The Bertz CT molecular complexity index is 679. The molecule has 3 N–H and O–H groups in total. The van der Waals surface area contributed by atoms with E-state index in [-0.39, 0.29) is 5.84 Å². The normalized spacial score (nSPS) is 18.6. The summed E-state index contributed by atoms with van der Waals surface area (Å²) < 4.78 is 0. The summed E-state index contributed by atoms with van der Waals surface area (Å²) in [5, 5.41) is 8.87. The standard InChI is InChI=1S/C16H21N5/c1-20(2)12-7-8-21(10-12)16-13(15(17)18)9-11-5-3-4-6-14(11)19-16/h3-6,9,12H,7-8,10H2,1-2H3,(H3,17,18). The lowest BCUT2D eigenvalue weighted by atomic mass is 10.1. The van der Waals surface area contributed by atoms with Gasteiger partial charge in [0, 0.05) is 24.5 Å². The van der Waals surface area contributed by atoms with Crippen LogP contribution in [-0.4, -0.2) is 48.9 Å². The van der Waals surface area contributed by atoms with Crippen molar-refractivity contribution in [3.63, 3.8) is 0 Å². The van der Waals surface area contributed by atoms with Gasteiger partial charge in [-0.25, -0.2) is 4.98 Å². The lowest BCUT2D eigenvalue weighted by Crippen LogP contribution is -2.32. The minimum Gasteiger partial charge on any atom is -0.384 e. The molecule has 0 saturated carbocycles. The molecule has 1 unspecified atom stereocenters. The van der Waals surface area contributed by atoms with Crippen molar-refractivity contribution in [3.8, 4) is 0 Å².